The number of urea groups is 1. The van der Waals surface area contributed by atoms with Crippen LogP contribution in [-0.2, 0) is 27.4 Å². The fraction of sp³-hybridized carbons (Fsp3) is 0.481. The zero-order valence-corrected chi connectivity index (χ0v) is 40.7. The van der Waals surface area contributed by atoms with Crippen molar-refractivity contribution in [2.75, 3.05) is 64.4 Å². The van der Waals surface area contributed by atoms with E-state index in [0.717, 1.165) is 85.9 Å². The van der Waals surface area contributed by atoms with Gasteiger partial charge in [-0.1, -0.05) is 38.1 Å². The number of amides is 5. The summed E-state index contributed by atoms with van der Waals surface area (Å²) < 4.78 is 27.2. The number of anilines is 1. The molecule has 15 nitrogen and oxygen atoms in total. The number of nitrogens with one attached hydrogen (secondary N) is 2. The number of carbonyl (C=O) groups excluding carboxylic acids is 4. The number of hydrogen-bond acceptors (Lipinski definition) is 10. The van der Waals surface area contributed by atoms with Crippen molar-refractivity contribution in [3.8, 4) is 28.3 Å². The van der Waals surface area contributed by atoms with Crippen LogP contribution in [0, 0.1) is 30.5 Å². The molecule has 3 aromatic carbocycles. The van der Waals surface area contributed by atoms with E-state index < -0.39 is 18.0 Å². The number of rotatable bonds is 15. The molecular formula is C54H65FN8O7. The zero-order chi connectivity index (χ0) is 49.1. The minimum Gasteiger partial charge on any atom is -0.495 e. The van der Waals surface area contributed by atoms with Crippen molar-refractivity contribution in [2.24, 2.45) is 17.8 Å². The van der Waals surface area contributed by atoms with Gasteiger partial charge in [-0.05, 0) is 122 Å². The first kappa shape index (κ1) is 48.8. The second-order valence-electron chi connectivity index (χ2n) is 20.1. The molecule has 4 saturated heterocycles. The minimum absolute atomic E-state index is 0.0420. The molecule has 0 saturated carbocycles. The molecule has 4 aliphatic rings. The number of methoxy groups -OCH3 is 1. The summed E-state index contributed by atoms with van der Waals surface area (Å²) in [4.78, 5) is 71.4. The van der Waals surface area contributed by atoms with Gasteiger partial charge >= 0.3 is 6.03 Å². The molecule has 0 bridgehead atoms. The Balaban J connectivity index is 0.729. The van der Waals surface area contributed by atoms with Crippen LogP contribution in [0.2, 0.25) is 0 Å². The Morgan fingerprint density at radius 1 is 0.914 bits per heavy atom. The van der Waals surface area contributed by atoms with Gasteiger partial charge in [0.15, 0.2) is 0 Å². The summed E-state index contributed by atoms with van der Waals surface area (Å²) >= 11 is 0. The molecule has 0 unspecified atom stereocenters. The Hall–Kier alpha value is -6.23. The van der Waals surface area contributed by atoms with Gasteiger partial charge in [-0.3, -0.25) is 24.6 Å². The topological polar surface area (TPSA) is 174 Å². The number of likely N-dealkylation sites (tertiary alicyclic amines) is 3. The number of hydrogen-bond donors (Lipinski definition) is 3. The molecule has 9 rings (SSSR count). The lowest BCUT2D eigenvalue weighted by Crippen LogP contribution is -2.49. The van der Waals surface area contributed by atoms with E-state index >= 15 is 4.39 Å². The van der Waals surface area contributed by atoms with Crippen molar-refractivity contribution in [1.82, 2.24) is 35.0 Å². The van der Waals surface area contributed by atoms with Crippen molar-refractivity contribution in [1.29, 1.82) is 0 Å². The van der Waals surface area contributed by atoms with Gasteiger partial charge in [-0.15, -0.1) is 0 Å². The maximum absolute atomic E-state index is 15.3. The van der Waals surface area contributed by atoms with E-state index in [-0.39, 0.29) is 49.1 Å². The molecule has 0 spiro atoms. The van der Waals surface area contributed by atoms with Gasteiger partial charge < -0.3 is 34.3 Å². The lowest BCUT2D eigenvalue weighted by Gasteiger charge is -2.35. The Labute approximate surface area is 408 Å². The van der Waals surface area contributed by atoms with E-state index in [4.69, 9.17) is 9.47 Å². The summed E-state index contributed by atoms with van der Waals surface area (Å²) in [7, 11) is 1.52. The number of ether oxygens (including phenoxy) is 2. The first-order valence-corrected chi connectivity index (χ1v) is 24.9. The van der Waals surface area contributed by atoms with Gasteiger partial charge in [0.2, 0.25) is 11.8 Å². The van der Waals surface area contributed by atoms with Crippen molar-refractivity contribution in [3.05, 3.63) is 95.1 Å². The highest BCUT2D eigenvalue weighted by atomic mass is 19.1. The van der Waals surface area contributed by atoms with Crippen LogP contribution in [0.25, 0.3) is 33.5 Å². The van der Waals surface area contributed by atoms with Crippen LogP contribution in [0.1, 0.15) is 85.8 Å². The van der Waals surface area contributed by atoms with E-state index in [0.29, 0.717) is 84.1 Å². The fourth-order valence-corrected chi connectivity index (χ4v) is 10.7. The van der Waals surface area contributed by atoms with Crippen LogP contribution >= 0.6 is 0 Å². The standard InChI is InChI=1S/C54H65FN8O7/c1-33(2)23-40-29-62(30-47(40)64)50(66)26-39-24-41(55)27-43(34(39)3)51-44-28-45(58-52(44)57-32-56-51)37-7-5-36(6-8-37)31-70-42-14-18-60(19-15-42)17-11-35-12-20-61(21-13-35)53(67)38-9-10-48(69-4)46(25-38)63-22-16-49(65)59-54(63)68/h5-10,24-25,27-28,32-33,35,40,42,47,64H,11-23,26,29-31H2,1-4H3,(H,56,57,58)(H,59,65,68)/t40-,47-/m0/s1. The number of aromatic nitrogens is 3. The van der Waals surface area contributed by atoms with E-state index in [2.05, 4.69) is 63.3 Å². The van der Waals surface area contributed by atoms with Crippen molar-refractivity contribution in [2.45, 2.75) is 91.0 Å². The highest BCUT2D eigenvalue weighted by molar-refractivity contribution is 6.07. The third-order valence-electron chi connectivity index (χ3n) is 14.8. The SMILES string of the molecule is COc1ccc(C(=O)N2CCC(CCN3CCC(OCc4ccc(-c5cc6c(-c7cc(F)cc(CC(=O)N8C[C@H](CC(C)C)[C@@H](O)C8)c7C)ncnc6[nH]5)cc4)CC3)CC2)cc1N1CCC(=O)NC1=O. The predicted molar refractivity (Wildman–Crippen MR) is 265 cm³/mol. The first-order valence-electron chi connectivity index (χ1n) is 24.9. The van der Waals surface area contributed by atoms with Gasteiger partial charge in [0.05, 0.1) is 43.7 Å². The first-order chi connectivity index (χ1) is 33.8. The Morgan fingerprint density at radius 2 is 1.69 bits per heavy atom. The molecule has 4 aliphatic heterocycles. The summed E-state index contributed by atoms with van der Waals surface area (Å²) in [6, 6.07) is 17.8. The number of imide groups is 1. The number of aromatic amines is 1. The number of β-amino-alcohol motifs (C(OH)–C–C–N with tert-alkyl or cyclic N) is 1. The number of carbonyl (C=O) groups is 4. The predicted octanol–water partition coefficient (Wildman–Crippen LogP) is 7.53. The van der Waals surface area contributed by atoms with Gasteiger partial charge in [-0.2, -0.15) is 0 Å². The van der Waals surface area contributed by atoms with Crippen LogP contribution in [-0.4, -0.2) is 130 Å². The fourth-order valence-electron chi connectivity index (χ4n) is 10.7. The van der Waals surface area contributed by atoms with Crippen molar-refractivity contribution in [3.63, 3.8) is 0 Å². The van der Waals surface area contributed by atoms with Crippen LogP contribution in [0.3, 0.4) is 0 Å². The smallest absolute Gasteiger partial charge is 0.328 e. The second kappa shape index (κ2) is 21.4. The molecule has 5 aromatic rings. The number of fused-ring (bicyclic) bond motifs is 1. The van der Waals surface area contributed by atoms with Crippen LogP contribution < -0.4 is 15.0 Å². The van der Waals surface area contributed by atoms with Crippen molar-refractivity contribution < 1.29 is 38.1 Å². The van der Waals surface area contributed by atoms with Gasteiger partial charge in [0.25, 0.3) is 5.91 Å². The molecule has 5 amide bonds. The maximum atomic E-state index is 15.3. The summed E-state index contributed by atoms with van der Waals surface area (Å²) in [6.07, 6.45) is 7.15. The van der Waals surface area contributed by atoms with Gasteiger partial charge in [-0.25, -0.2) is 19.2 Å². The Bertz CT molecular complexity index is 2710. The minimum atomic E-state index is -0.546. The van der Waals surface area contributed by atoms with Crippen LogP contribution in [0.15, 0.2) is 67.0 Å². The van der Waals surface area contributed by atoms with Gasteiger partial charge in [0.1, 0.15) is 23.5 Å². The Kier molecular flexibility index (Phi) is 14.9. The summed E-state index contributed by atoms with van der Waals surface area (Å²) in [5.41, 5.74) is 7.11. The number of nitrogens with zero attached hydrogens (tertiary/aromatic N) is 6. The average molecular weight is 957 g/mol. The highest BCUT2D eigenvalue weighted by Crippen LogP contribution is 2.35. The Morgan fingerprint density at radius 3 is 2.41 bits per heavy atom. The molecular weight excluding hydrogens is 892 g/mol. The lowest BCUT2D eigenvalue weighted by molar-refractivity contribution is -0.129. The lowest BCUT2D eigenvalue weighted by atomic mass is 9.92. The summed E-state index contributed by atoms with van der Waals surface area (Å²) in [5, 5.41) is 13.7. The maximum Gasteiger partial charge on any atom is 0.328 e. The third-order valence-corrected chi connectivity index (χ3v) is 14.8. The molecule has 6 heterocycles. The average Bonchev–Trinajstić information content (AvgIpc) is 3.97. The van der Waals surface area contributed by atoms with E-state index in [1.807, 2.05) is 17.9 Å². The zero-order valence-electron chi connectivity index (χ0n) is 40.7. The molecule has 0 aliphatic carbocycles. The number of aliphatic hydroxyl groups is 1. The van der Waals surface area contributed by atoms with Gasteiger partial charge in [0, 0.05) is 80.4 Å². The molecule has 16 heteroatoms. The van der Waals surface area contributed by atoms with Crippen LogP contribution in [0.5, 0.6) is 5.75 Å². The third kappa shape index (κ3) is 11.0. The monoisotopic (exact) mass is 956 g/mol. The van der Waals surface area contributed by atoms with Crippen molar-refractivity contribution >= 4 is 40.5 Å². The van der Waals surface area contributed by atoms with E-state index in [1.54, 1.807) is 23.1 Å². The quantitative estimate of drug-likeness (QED) is 0.0953. The number of H-pyrrole nitrogens is 1. The molecule has 0 radical (unpaired) electrons. The summed E-state index contributed by atoms with van der Waals surface area (Å²) in [6.45, 7) is 12.1. The molecule has 70 heavy (non-hydrogen) atoms. The molecule has 4 fully saturated rings. The molecule has 2 aromatic heterocycles. The molecule has 2 atom stereocenters. The normalized spacial score (nSPS) is 19.7. The van der Waals surface area contributed by atoms with E-state index in [1.165, 1.54) is 30.5 Å². The highest BCUT2D eigenvalue weighted by Gasteiger charge is 2.35. The molecule has 3 N–H and O–H groups in total. The second-order valence-corrected chi connectivity index (χ2v) is 20.1. The number of benzene rings is 3. The largest absolute Gasteiger partial charge is 0.495 e. The molecule has 370 valence electrons. The number of piperidine rings is 2. The van der Waals surface area contributed by atoms with Crippen LogP contribution in [0.4, 0.5) is 14.9 Å². The number of aliphatic hydroxyl groups excluding tert-OH is 1. The van der Waals surface area contributed by atoms with E-state index in [9.17, 15) is 24.3 Å². The number of halogens is 1. The summed E-state index contributed by atoms with van der Waals surface area (Å²) in [5.74, 6) is 0.550.